The lowest BCUT2D eigenvalue weighted by molar-refractivity contribution is 0.578. The van der Waals surface area contributed by atoms with Crippen molar-refractivity contribution in [2.75, 3.05) is 7.05 Å². The van der Waals surface area contributed by atoms with Crippen LogP contribution >= 0.6 is 0 Å². The van der Waals surface area contributed by atoms with E-state index in [1.54, 1.807) is 23.0 Å². The largest absolute Gasteiger partial charge is 0.316 e. The summed E-state index contributed by atoms with van der Waals surface area (Å²) in [6.45, 7) is 3.45. The Morgan fingerprint density at radius 2 is 2.22 bits per heavy atom. The van der Waals surface area contributed by atoms with Gasteiger partial charge >= 0.3 is 0 Å². The minimum Gasteiger partial charge on any atom is -0.316 e. The van der Waals surface area contributed by atoms with E-state index >= 15 is 0 Å². The fraction of sp³-hybridized carbons (Fsp3) is 0.385. The lowest BCUT2D eigenvalue weighted by Gasteiger charge is -2.07. The molecule has 1 N–H and O–H groups in total. The molecule has 96 valence electrons. The molecule has 0 fully saturated rings. The van der Waals surface area contributed by atoms with Gasteiger partial charge in [-0.15, -0.1) is 5.10 Å². The average Bonchev–Trinajstić information content (AvgIpc) is 2.78. The summed E-state index contributed by atoms with van der Waals surface area (Å²) in [6, 6.07) is 5.25. The number of aryl methyl sites for hydroxylation is 1. The van der Waals surface area contributed by atoms with E-state index in [0.29, 0.717) is 12.1 Å². The van der Waals surface area contributed by atoms with Crippen LogP contribution in [0.1, 0.15) is 18.9 Å². The summed E-state index contributed by atoms with van der Waals surface area (Å²) >= 11 is 0. The molecular formula is C13H17FN4. The van der Waals surface area contributed by atoms with Crippen LogP contribution in [0.3, 0.4) is 0 Å². The summed E-state index contributed by atoms with van der Waals surface area (Å²) < 4.78 is 15.8. The molecule has 0 saturated heterocycles. The van der Waals surface area contributed by atoms with Crippen molar-refractivity contribution in [3.05, 3.63) is 35.8 Å². The zero-order valence-electron chi connectivity index (χ0n) is 10.7. The molecule has 0 unspecified atom stereocenters. The summed E-state index contributed by atoms with van der Waals surface area (Å²) in [4.78, 5) is 0. The normalized spacial score (nSPS) is 10.8. The highest BCUT2D eigenvalue weighted by atomic mass is 19.1. The Balaban J connectivity index is 2.35. The zero-order chi connectivity index (χ0) is 13.0. The van der Waals surface area contributed by atoms with Gasteiger partial charge in [0.05, 0.1) is 11.9 Å². The van der Waals surface area contributed by atoms with Crippen LogP contribution in [0.25, 0.3) is 11.3 Å². The standard InChI is InChI=1S/C13H17FN4/c1-3-6-18-13(9-16-17-18)11-5-4-10(8-15-2)7-12(11)14/h4-5,7,9,15H,3,6,8H2,1-2H3. The topological polar surface area (TPSA) is 42.7 Å². The maximum Gasteiger partial charge on any atom is 0.132 e. The molecule has 0 aliphatic heterocycles. The van der Waals surface area contributed by atoms with Gasteiger partial charge in [0, 0.05) is 18.7 Å². The number of nitrogens with one attached hydrogen (secondary N) is 1. The van der Waals surface area contributed by atoms with Gasteiger partial charge in [-0.05, 0) is 31.2 Å². The second kappa shape index (κ2) is 5.73. The minimum atomic E-state index is -0.234. The molecular weight excluding hydrogens is 231 g/mol. The Labute approximate surface area is 106 Å². The minimum absolute atomic E-state index is 0.234. The molecule has 0 aliphatic carbocycles. The Bertz CT molecular complexity index is 521. The Morgan fingerprint density at radius 1 is 1.39 bits per heavy atom. The van der Waals surface area contributed by atoms with Crippen molar-refractivity contribution in [1.82, 2.24) is 20.3 Å². The fourth-order valence-electron chi connectivity index (χ4n) is 1.92. The highest BCUT2D eigenvalue weighted by Crippen LogP contribution is 2.23. The number of aromatic nitrogens is 3. The lowest BCUT2D eigenvalue weighted by Crippen LogP contribution is -2.06. The molecule has 1 heterocycles. The molecule has 2 rings (SSSR count). The van der Waals surface area contributed by atoms with E-state index in [-0.39, 0.29) is 5.82 Å². The monoisotopic (exact) mass is 248 g/mol. The van der Waals surface area contributed by atoms with Gasteiger partial charge in [-0.2, -0.15) is 0 Å². The number of nitrogens with zero attached hydrogens (tertiary/aromatic N) is 3. The maximum atomic E-state index is 14.1. The number of benzene rings is 1. The predicted molar refractivity (Wildman–Crippen MR) is 68.5 cm³/mol. The van der Waals surface area contributed by atoms with Crippen LogP contribution in [0.4, 0.5) is 4.39 Å². The smallest absolute Gasteiger partial charge is 0.132 e. The fourth-order valence-corrected chi connectivity index (χ4v) is 1.92. The third-order valence-electron chi connectivity index (χ3n) is 2.74. The first-order valence-electron chi connectivity index (χ1n) is 6.08. The molecule has 5 heteroatoms. The Morgan fingerprint density at radius 3 is 2.89 bits per heavy atom. The molecule has 0 spiro atoms. The van der Waals surface area contributed by atoms with Crippen molar-refractivity contribution < 1.29 is 4.39 Å². The van der Waals surface area contributed by atoms with E-state index in [2.05, 4.69) is 22.6 Å². The van der Waals surface area contributed by atoms with Gasteiger partial charge in [0.2, 0.25) is 0 Å². The molecule has 0 aliphatic rings. The Kier molecular flexibility index (Phi) is 4.04. The first-order chi connectivity index (χ1) is 8.76. The van der Waals surface area contributed by atoms with E-state index in [9.17, 15) is 4.39 Å². The molecule has 0 amide bonds. The van der Waals surface area contributed by atoms with Crippen LogP contribution in [0.5, 0.6) is 0 Å². The highest BCUT2D eigenvalue weighted by Gasteiger charge is 2.11. The van der Waals surface area contributed by atoms with Gasteiger partial charge < -0.3 is 5.32 Å². The molecule has 1 aromatic carbocycles. The van der Waals surface area contributed by atoms with Crippen LogP contribution in [0, 0.1) is 5.82 Å². The van der Waals surface area contributed by atoms with Crippen molar-refractivity contribution in [3.63, 3.8) is 0 Å². The van der Waals surface area contributed by atoms with Crippen molar-refractivity contribution in [2.45, 2.75) is 26.4 Å². The lowest BCUT2D eigenvalue weighted by atomic mass is 10.1. The summed E-state index contributed by atoms with van der Waals surface area (Å²) in [6.07, 6.45) is 2.54. The molecule has 0 radical (unpaired) electrons. The molecule has 18 heavy (non-hydrogen) atoms. The zero-order valence-corrected chi connectivity index (χ0v) is 10.7. The molecule has 4 nitrogen and oxygen atoms in total. The number of hydrogen-bond donors (Lipinski definition) is 1. The van der Waals surface area contributed by atoms with Crippen molar-refractivity contribution >= 4 is 0 Å². The Hall–Kier alpha value is -1.75. The number of halogens is 1. The van der Waals surface area contributed by atoms with Crippen LogP contribution < -0.4 is 5.32 Å². The van der Waals surface area contributed by atoms with Crippen LogP contribution in [-0.2, 0) is 13.1 Å². The summed E-state index contributed by atoms with van der Waals surface area (Å²) in [7, 11) is 1.84. The maximum absolute atomic E-state index is 14.1. The van der Waals surface area contributed by atoms with Crippen LogP contribution in [-0.4, -0.2) is 22.0 Å². The van der Waals surface area contributed by atoms with Gasteiger partial charge in [0.15, 0.2) is 0 Å². The van der Waals surface area contributed by atoms with Crippen LogP contribution in [0.2, 0.25) is 0 Å². The second-order valence-corrected chi connectivity index (χ2v) is 4.19. The summed E-state index contributed by atoms with van der Waals surface area (Å²) in [5.74, 6) is -0.234. The van der Waals surface area contributed by atoms with Crippen LogP contribution in [0.15, 0.2) is 24.4 Å². The third-order valence-corrected chi connectivity index (χ3v) is 2.74. The van der Waals surface area contributed by atoms with Gasteiger partial charge in [-0.3, -0.25) is 0 Å². The van der Waals surface area contributed by atoms with Crippen molar-refractivity contribution in [1.29, 1.82) is 0 Å². The quantitative estimate of drug-likeness (QED) is 0.882. The molecule has 1 aromatic heterocycles. The van der Waals surface area contributed by atoms with Crippen molar-refractivity contribution in [3.8, 4) is 11.3 Å². The van der Waals surface area contributed by atoms with E-state index in [1.807, 2.05) is 13.1 Å². The second-order valence-electron chi connectivity index (χ2n) is 4.19. The van der Waals surface area contributed by atoms with Gasteiger partial charge in [0.1, 0.15) is 5.82 Å². The van der Waals surface area contributed by atoms with E-state index in [4.69, 9.17) is 0 Å². The molecule has 0 saturated carbocycles. The first-order valence-corrected chi connectivity index (χ1v) is 6.08. The molecule has 2 aromatic rings. The van der Waals surface area contributed by atoms with Crippen molar-refractivity contribution in [2.24, 2.45) is 0 Å². The molecule has 0 atom stereocenters. The average molecular weight is 248 g/mol. The molecule has 0 bridgehead atoms. The van der Waals surface area contributed by atoms with E-state index < -0.39 is 0 Å². The first kappa shape index (κ1) is 12.7. The van der Waals surface area contributed by atoms with Gasteiger partial charge in [-0.25, -0.2) is 9.07 Å². The SMILES string of the molecule is CCCn1nncc1-c1ccc(CNC)cc1F. The summed E-state index contributed by atoms with van der Waals surface area (Å²) in [5.41, 5.74) is 2.20. The van der Waals surface area contributed by atoms with Gasteiger partial charge in [0.25, 0.3) is 0 Å². The predicted octanol–water partition coefficient (Wildman–Crippen LogP) is 2.21. The van der Waals surface area contributed by atoms with Gasteiger partial charge in [-0.1, -0.05) is 18.2 Å². The van der Waals surface area contributed by atoms with E-state index in [1.165, 1.54) is 0 Å². The number of hydrogen-bond acceptors (Lipinski definition) is 3. The summed E-state index contributed by atoms with van der Waals surface area (Å²) in [5, 5.41) is 10.8. The highest BCUT2D eigenvalue weighted by molar-refractivity contribution is 5.59. The number of rotatable bonds is 5. The van der Waals surface area contributed by atoms with E-state index in [0.717, 1.165) is 24.2 Å². The third kappa shape index (κ3) is 2.56.